The van der Waals surface area contributed by atoms with Crippen molar-refractivity contribution in [1.29, 1.82) is 0 Å². The number of hydrogen-bond acceptors (Lipinski definition) is 1. The predicted molar refractivity (Wildman–Crippen MR) is 162 cm³/mol. The molecule has 3 rings (SSSR count). The van der Waals surface area contributed by atoms with Crippen LogP contribution in [0, 0.1) is 6.92 Å². The molecule has 0 radical (unpaired) electrons. The van der Waals surface area contributed by atoms with E-state index in [4.69, 9.17) is 0 Å². The summed E-state index contributed by atoms with van der Waals surface area (Å²) in [4.78, 5) is 2.31. The first-order valence-corrected chi connectivity index (χ1v) is 13.4. The van der Waals surface area contributed by atoms with Crippen LogP contribution in [0.5, 0.6) is 0 Å². The summed E-state index contributed by atoms with van der Waals surface area (Å²) in [7, 11) is 2.14. The van der Waals surface area contributed by atoms with Crippen LogP contribution in [-0.2, 0) is 6.42 Å². The molecule has 1 nitrogen and oxygen atoms in total. The van der Waals surface area contributed by atoms with Gasteiger partial charge >= 0.3 is 0 Å². The summed E-state index contributed by atoms with van der Waals surface area (Å²) in [6.45, 7) is 23.1. The van der Waals surface area contributed by atoms with Crippen LogP contribution in [0.2, 0.25) is 0 Å². The SMILES string of the molecule is C=C(C)Cc1ccc(C)cc1.CC.CCC.CCCN(C)CC.c1ccc(-c2ccccc2)cc1. The van der Waals surface area contributed by atoms with Gasteiger partial charge < -0.3 is 4.90 Å². The van der Waals surface area contributed by atoms with Crippen LogP contribution in [-0.4, -0.2) is 25.0 Å². The highest BCUT2D eigenvalue weighted by Crippen LogP contribution is 2.17. The van der Waals surface area contributed by atoms with E-state index < -0.39 is 0 Å². The van der Waals surface area contributed by atoms with E-state index in [2.05, 4.69) is 133 Å². The molecule has 3 aromatic rings. The molecule has 3 aromatic carbocycles. The Morgan fingerprint density at radius 3 is 1.40 bits per heavy atom. The van der Waals surface area contributed by atoms with E-state index in [1.807, 2.05) is 26.0 Å². The number of rotatable bonds is 6. The molecule has 0 saturated carbocycles. The van der Waals surface area contributed by atoms with Crippen molar-refractivity contribution in [2.45, 2.75) is 74.7 Å². The Morgan fingerprint density at radius 2 is 1.11 bits per heavy atom. The predicted octanol–water partition coefficient (Wildman–Crippen LogP) is 10.3. The summed E-state index contributed by atoms with van der Waals surface area (Å²) in [5, 5.41) is 0. The highest BCUT2D eigenvalue weighted by atomic mass is 15.1. The van der Waals surface area contributed by atoms with Crippen molar-refractivity contribution in [1.82, 2.24) is 4.90 Å². The van der Waals surface area contributed by atoms with E-state index in [0.717, 1.165) is 6.42 Å². The molecule has 0 atom stereocenters. The van der Waals surface area contributed by atoms with Crippen molar-refractivity contribution in [2.24, 2.45) is 0 Å². The third-order valence-corrected chi connectivity index (χ3v) is 4.65. The van der Waals surface area contributed by atoms with Crippen LogP contribution in [0.3, 0.4) is 0 Å². The maximum atomic E-state index is 3.87. The Bertz CT molecular complexity index is 782. The topological polar surface area (TPSA) is 3.24 Å². The Labute approximate surface area is 218 Å². The van der Waals surface area contributed by atoms with Gasteiger partial charge in [0.15, 0.2) is 0 Å². The first-order valence-electron chi connectivity index (χ1n) is 13.4. The molecule has 0 heterocycles. The number of allylic oxidation sites excluding steroid dienone is 1. The zero-order valence-electron chi connectivity index (χ0n) is 24.3. The van der Waals surface area contributed by atoms with E-state index in [9.17, 15) is 0 Å². The van der Waals surface area contributed by atoms with Crippen molar-refractivity contribution in [2.75, 3.05) is 20.1 Å². The molecule has 194 valence electrons. The highest BCUT2D eigenvalue weighted by molar-refractivity contribution is 5.62. The molecule has 0 saturated heterocycles. The molecule has 0 bridgehead atoms. The van der Waals surface area contributed by atoms with Crippen molar-refractivity contribution in [3.63, 3.8) is 0 Å². The molecule has 0 aliphatic carbocycles. The van der Waals surface area contributed by atoms with Crippen molar-refractivity contribution in [3.05, 3.63) is 108 Å². The Morgan fingerprint density at radius 1 is 0.714 bits per heavy atom. The number of aryl methyl sites for hydroxylation is 1. The summed E-state index contributed by atoms with van der Waals surface area (Å²) < 4.78 is 0. The fraction of sp³-hybridized carbons (Fsp3) is 0.412. The highest BCUT2D eigenvalue weighted by Gasteiger charge is 1.92. The Balaban J connectivity index is 0. The van der Waals surface area contributed by atoms with Gasteiger partial charge in [-0.15, -0.1) is 0 Å². The molecule has 0 unspecified atom stereocenters. The van der Waals surface area contributed by atoms with Gasteiger partial charge in [0.1, 0.15) is 0 Å². The molecule has 0 N–H and O–H groups in total. The minimum Gasteiger partial charge on any atom is -0.307 e. The van der Waals surface area contributed by atoms with Gasteiger partial charge in [-0.1, -0.05) is 151 Å². The summed E-state index contributed by atoms with van der Waals surface area (Å²) in [6, 6.07) is 29.4. The quantitative estimate of drug-likeness (QED) is 0.320. The van der Waals surface area contributed by atoms with Gasteiger partial charge in [-0.05, 0) is 63.5 Å². The van der Waals surface area contributed by atoms with Gasteiger partial charge in [0.2, 0.25) is 0 Å². The molecule has 0 aliphatic heterocycles. The van der Waals surface area contributed by atoms with Crippen molar-refractivity contribution in [3.8, 4) is 11.1 Å². The zero-order chi connectivity index (χ0) is 26.9. The molecular weight excluding hydrogens is 422 g/mol. The van der Waals surface area contributed by atoms with Crippen LogP contribution in [0.4, 0.5) is 0 Å². The van der Waals surface area contributed by atoms with Gasteiger partial charge in [0, 0.05) is 0 Å². The van der Waals surface area contributed by atoms with Gasteiger partial charge in [0.25, 0.3) is 0 Å². The lowest BCUT2D eigenvalue weighted by atomic mass is 10.1. The van der Waals surface area contributed by atoms with Crippen LogP contribution < -0.4 is 0 Å². The normalized spacial score (nSPS) is 9.09. The van der Waals surface area contributed by atoms with E-state index >= 15 is 0 Å². The fourth-order valence-corrected chi connectivity index (χ4v) is 2.86. The van der Waals surface area contributed by atoms with E-state index in [0.29, 0.717) is 0 Å². The largest absolute Gasteiger partial charge is 0.307 e. The minimum atomic E-state index is 1.00. The van der Waals surface area contributed by atoms with Crippen LogP contribution in [0.1, 0.15) is 72.4 Å². The van der Waals surface area contributed by atoms with Crippen LogP contribution in [0.15, 0.2) is 97.1 Å². The molecule has 35 heavy (non-hydrogen) atoms. The third kappa shape index (κ3) is 20.4. The second-order valence-electron chi connectivity index (χ2n) is 8.45. The smallest absolute Gasteiger partial charge is 0.00245 e. The summed E-state index contributed by atoms with van der Waals surface area (Å²) in [5.41, 5.74) is 6.43. The lowest BCUT2D eigenvalue weighted by molar-refractivity contribution is 0.353. The maximum absolute atomic E-state index is 3.87. The Hall–Kier alpha value is -2.64. The second-order valence-corrected chi connectivity index (χ2v) is 8.45. The minimum absolute atomic E-state index is 1.00. The van der Waals surface area contributed by atoms with Gasteiger partial charge in [-0.25, -0.2) is 0 Å². The van der Waals surface area contributed by atoms with E-state index in [1.165, 1.54) is 53.8 Å². The molecule has 0 spiro atoms. The summed E-state index contributed by atoms with van der Waals surface area (Å²) >= 11 is 0. The van der Waals surface area contributed by atoms with E-state index in [1.54, 1.807) is 0 Å². The maximum Gasteiger partial charge on any atom is -0.00245 e. The van der Waals surface area contributed by atoms with Gasteiger partial charge in [0.05, 0.1) is 0 Å². The molecule has 0 aromatic heterocycles. The average molecular weight is 476 g/mol. The zero-order valence-corrected chi connectivity index (χ0v) is 24.3. The number of hydrogen-bond donors (Lipinski definition) is 0. The first kappa shape index (κ1) is 34.5. The van der Waals surface area contributed by atoms with Crippen LogP contribution in [0.25, 0.3) is 11.1 Å². The van der Waals surface area contributed by atoms with Gasteiger partial charge in [-0.3, -0.25) is 0 Å². The van der Waals surface area contributed by atoms with Crippen molar-refractivity contribution >= 4 is 0 Å². The average Bonchev–Trinajstić information content (AvgIpc) is 2.89. The van der Waals surface area contributed by atoms with Gasteiger partial charge in [-0.2, -0.15) is 0 Å². The molecular formula is C34H53N. The third-order valence-electron chi connectivity index (χ3n) is 4.65. The molecule has 0 fully saturated rings. The second kappa shape index (κ2) is 24.5. The molecule has 0 aliphatic rings. The monoisotopic (exact) mass is 475 g/mol. The number of benzene rings is 3. The molecule has 0 amide bonds. The lowest BCUT2D eigenvalue weighted by Crippen LogP contribution is -2.17. The summed E-state index contributed by atoms with van der Waals surface area (Å²) in [5.74, 6) is 0. The Kier molecular flexibility index (Phi) is 24.2. The van der Waals surface area contributed by atoms with E-state index in [-0.39, 0.29) is 0 Å². The summed E-state index contributed by atoms with van der Waals surface area (Å²) in [6.07, 6.45) is 3.52. The number of nitrogens with zero attached hydrogens (tertiary/aromatic N) is 1. The first-order chi connectivity index (χ1) is 16.9. The fourth-order valence-electron chi connectivity index (χ4n) is 2.86. The molecule has 1 heteroatoms. The lowest BCUT2D eigenvalue weighted by Gasteiger charge is -2.10. The van der Waals surface area contributed by atoms with Crippen LogP contribution >= 0.6 is 0 Å². The standard InChI is InChI=1S/C12H10.C11H14.C6H15N.C3H8.C2H6/c1-3-7-11(8-4-1)12-9-5-2-6-10-12;1-9(2)8-11-6-4-10(3)5-7-11;1-4-6-7(3)5-2;1-3-2;1-2/h1-10H;4-7H,1,8H2,2-3H3;4-6H2,1-3H3;3H2,1-2H3;1-2H3. The van der Waals surface area contributed by atoms with Crippen molar-refractivity contribution < 1.29 is 0 Å².